The summed E-state index contributed by atoms with van der Waals surface area (Å²) in [5, 5.41) is 13.4. The number of oxime groups is 1. The summed E-state index contributed by atoms with van der Waals surface area (Å²) in [5.74, 6) is 0.459. The van der Waals surface area contributed by atoms with Crippen LogP contribution >= 0.6 is 0 Å². The molecule has 0 aliphatic carbocycles. The number of benzene rings is 1. The first-order valence-corrected chi connectivity index (χ1v) is 7.27. The van der Waals surface area contributed by atoms with Gasteiger partial charge in [-0.15, -0.1) is 0 Å². The van der Waals surface area contributed by atoms with Gasteiger partial charge in [0.2, 0.25) is 0 Å². The van der Waals surface area contributed by atoms with Crippen LogP contribution in [0.3, 0.4) is 0 Å². The minimum absolute atomic E-state index is 0.0294. The van der Waals surface area contributed by atoms with Crippen LogP contribution in [0, 0.1) is 5.92 Å². The molecule has 3 N–H and O–H groups in total. The molecule has 0 spiro atoms. The van der Waals surface area contributed by atoms with Crippen LogP contribution in [0.25, 0.3) is 0 Å². The molecule has 4 aliphatic rings. The van der Waals surface area contributed by atoms with Crippen LogP contribution in [-0.2, 0) is 5.41 Å². The van der Waals surface area contributed by atoms with Gasteiger partial charge in [0.25, 0.3) is 0 Å². The van der Waals surface area contributed by atoms with E-state index in [1.807, 2.05) is 0 Å². The van der Waals surface area contributed by atoms with Crippen LogP contribution in [0.5, 0.6) is 0 Å². The average molecular weight is 259 g/mol. The maximum absolute atomic E-state index is 9.59. The summed E-state index contributed by atoms with van der Waals surface area (Å²) in [6, 6.07) is 10.7. The third-order valence-electron chi connectivity index (χ3n) is 5.32. The first-order chi connectivity index (χ1) is 9.32. The Hall–Kier alpha value is -1.39. The maximum Gasteiger partial charge on any atom is 0.135 e. The molecular weight excluding hydrogens is 238 g/mol. The second-order valence-corrected chi connectivity index (χ2v) is 6.39. The molecule has 2 unspecified atom stereocenters. The second kappa shape index (κ2) is 4.05. The van der Waals surface area contributed by atoms with Gasteiger partial charge in [0.05, 0.1) is 31.9 Å². The molecule has 100 valence electrons. The number of hydrogen-bond acceptors (Lipinski definition) is 2. The summed E-state index contributed by atoms with van der Waals surface area (Å²) < 4.78 is 0. The van der Waals surface area contributed by atoms with E-state index in [1.165, 1.54) is 18.7 Å². The Kier molecular flexibility index (Phi) is 2.44. The highest BCUT2D eigenvalue weighted by molar-refractivity contribution is 5.97. The molecule has 4 bridgehead atoms. The van der Waals surface area contributed by atoms with Crippen molar-refractivity contribution in [1.82, 2.24) is 0 Å². The van der Waals surface area contributed by atoms with Gasteiger partial charge in [0.15, 0.2) is 0 Å². The Bertz CT molecular complexity index is 497. The fourth-order valence-electron chi connectivity index (χ4n) is 4.62. The van der Waals surface area contributed by atoms with Gasteiger partial charge in [0.1, 0.15) is 24.4 Å². The van der Waals surface area contributed by atoms with E-state index in [9.17, 15) is 5.21 Å². The Morgan fingerprint density at radius 3 is 2.26 bits per heavy atom. The van der Waals surface area contributed by atoms with E-state index >= 15 is 0 Å². The lowest BCUT2D eigenvalue weighted by atomic mass is 9.66. The molecule has 0 radical (unpaired) electrons. The number of nitrogens with zero attached hydrogens (tertiary/aromatic N) is 1. The molecular formula is C15H21N3O+2. The van der Waals surface area contributed by atoms with E-state index in [4.69, 9.17) is 0 Å². The highest BCUT2D eigenvalue weighted by Crippen LogP contribution is 2.31. The largest absolute Gasteiger partial charge is 0.411 e. The number of quaternary nitrogens is 2. The van der Waals surface area contributed by atoms with Crippen LogP contribution in [0.4, 0.5) is 0 Å². The van der Waals surface area contributed by atoms with Crippen molar-refractivity contribution in [2.75, 3.05) is 39.3 Å². The standard InChI is InChI=1S/C15H19N3O/c19-16-14-12-8-17-6-7-18(9-12)11-15(14,10-17)13-4-2-1-3-5-13/h1-5,12,19H,6-11H2/p+2/b16-14-. The lowest BCUT2D eigenvalue weighted by Crippen LogP contribution is -3.17. The normalized spacial score (nSPS) is 42.5. The quantitative estimate of drug-likeness (QED) is 0.403. The highest BCUT2D eigenvalue weighted by Gasteiger charge is 2.58. The van der Waals surface area contributed by atoms with E-state index in [1.54, 1.807) is 9.80 Å². The molecule has 4 heterocycles. The smallest absolute Gasteiger partial charge is 0.135 e. The monoisotopic (exact) mass is 259 g/mol. The molecule has 4 aliphatic heterocycles. The molecule has 5 rings (SSSR count). The number of fused-ring (bicyclic) bond motifs is 1. The number of hydrogen-bond donors (Lipinski definition) is 3. The van der Waals surface area contributed by atoms with Crippen molar-refractivity contribution in [3.05, 3.63) is 35.9 Å². The molecule has 1 aromatic carbocycles. The predicted molar refractivity (Wildman–Crippen MR) is 72.0 cm³/mol. The summed E-state index contributed by atoms with van der Waals surface area (Å²) >= 11 is 0. The fourth-order valence-corrected chi connectivity index (χ4v) is 4.62. The van der Waals surface area contributed by atoms with Crippen molar-refractivity contribution in [1.29, 1.82) is 0 Å². The van der Waals surface area contributed by atoms with Crippen LogP contribution in [-0.4, -0.2) is 50.2 Å². The summed E-state index contributed by atoms with van der Waals surface area (Å²) in [6.45, 7) is 7.01. The molecule has 19 heavy (non-hydrogen) atoms. The second-order valence-electron chi connectivity index (χ2n) is 6.39. The van der Waals surface area contributed by atoms with E-state index in [2.05, 4.69) is 35.5 Å². The summed E-state index contributed by atoms with van der Waals surface area (Å²) in [5.41, 5.74) is 2.36. The number of piperidine rings is 2. The van der Waals surface area contributed by atoms with Crippen molar-refractivity contribution in [2.24, 2.45) is 11.1 Å². The zero-order valence-corrected chi connectivity index (χ0v) is 11.1. The van der Waals surface area contributed by atoms with Crippen molar-refractivity contribution >= 4 is 5.71 Å². The van der Waals surface area contributed by atoms with E-state index in [0.29, 0.717) is 5.92 Å². The van der Waals surface area contributed by atoms with Crippen LogP contribution in [0.1, 0.15) is 5.56 Å². The Morgan fingerprint density at radius 2 is 1.68 bits per heavy atom. The van der Waals surface area contributed by atoms with Crippen molar-refractivity contribution in [3.63, 3.8) is 0 Å². The minimum Gasteiger partial charge on any atom is -0.411 e. The van der Waals surface area contributed by atoms with Crippen molar-refractivity contribution in [2.45, 2.75) is 5.41 Å². The van der Waals surface area contributed by atoms with Crippen LogP contribution in [0.15, 0.2) is 35.5 Å². The maximum atomic E-state index is 9.59. The Labute approximate surface area is 113 Å². The van der Waals surface area contributed by atoms with Gasteiger partial charge in [-0.25, -0.2) is 0 Å². The van der Waals surface area contributed by atoms with Gasteiger partial charge < -0.3 is 15.0 Å². The lowest BCUT2D eigenvalue weighted by molar-refractivity contribution is -0.918. The molecule has 0 aromatic heterocycles. The van der Waals surface area contributed by atoms with Crippen LogP contribution < -0.4 is 9.80 Å². The summed E-state index contributed by atoms with van der Waals surface area (Å²) in [4.78, 5) is 3.38. The van der Waals surface area contributed by atoms with Crippen LogP contribution in [0.2, 0.25) is 0 Å². The molecule has 4 nitrogen and oxygen atoms in total. The van der Waals surface area contributed by atoms with Gasteiger partial charge in [-0.2, -0.15) is 0 Å². The molecule has 4 saturated heterocycles. The fraction of sp³-hybridized carbons (Fsp3) is 0.533. The molecule has 0 saturated carbocycles. The third kappa shape index (κ3) is 1.56. The highest BCUT2D eigenvalue weighted by atomic mass is 16.4. The molecule has 2 atom stereocenters. The molecule has 4 heteroatoms. The third-order valence-corrected chi connectivity index (χ3v) is 5.32. The van der Waals surface area contributed by atoms with E-state index in [0.717, 1.165) is 31.9 Å². The lowest BCUT2D eigenvalue weighted by Gasteiger charge is -2.45. The Balaban J connectivity index is 1.88. The molecule has 0 amide bonds. The van der Waals surface area contributed by atoms with Gasteiger partial charge in [-0.05, 0) is 5.56 Å². The van der Waals surface area contributed by atoms with Gasteiger partial charge in [-0.3, -0.25) is 0 Å². The minimum atomic E-state index is -0.0294. The predicted octanol–water partition coefficient (Wildman–Crippen LogP) is -1.82. The SMILES string of the molecule is O/N=C1/C2C[NH+]3CC[NH+](C2)CC1(c1ccccc1)C3. The van der Waals surface area contributed by atoms with Crippen molar-refractivity contribution in [3.8, 4) is 0 Å². The molecule has 4 fully saturated rings. The van der Waals surface area contributed by atoms with Gasteiger partial charge in [0, 0.05) is 0 Å². The molecule has 1 aromatic rings. The zero-order chi connectivity index (χ0) is 12.9. The first-order valence-electron chi connectivity index (χ1n) is 7.27. The number of nitrogens with one attached hydrogen (secondary N) is 2. The van der Waals surface area contributed by atoms with Gasteiger partial charge >= 0.3 is 0 Å². The van der Waals surface area contributed by atoms with Gasteiger partial charge in [-0.1, -0.05) is 35.5 Å². The summed E-state index contributed by atoms with van der Waals surface area (Å²) in [6.07, 6.45) is 0. The first kappa shape index (κ1) is 11.4. The average Bonchev–Trinajstić information content (AvgIpc) is 2.68. The topological polar surface area (TPSA) is 41.5 Å². The number of rotatable bonds is 1. The van der Waals surface area contributed by atoms with E-state index in [-0.39, 0.29) is 5.41 Å². The summed E-state index contributed by atoms with van der Waals surface area (Å²) in [7, 11) is 0. The van der Waals surface area contributed by atoms with Crippen molar-refractivity contribution < 1.29 is 15.0 Å². The Morgan fingerprint density at radius 1 is 1.05 bits per heavy atom. The van der Waals surface area contributed by atoms with E-state index < -0.39 is 0 Å². The zero-order valence-electron chi connectivity index (χ0n) is 11.1.